The van der Waals surface area contributed by atoms with Crippen LogP contribution in [0.5, 0.6) is 0 Å². The van der Waals surface area contributed by atoms with E-state index in [0.29, 0.717) is 12.0 Å². The van der Waals surface area contributed by atoms with Gasteiger partial charge in [0, 0.05) is 19.1 Å². The molecular weight excluding hydrogens is 224 g/mol. The topological polar surface area (TPSA) is 45.0 Å². The Morgan fingerprint density at radius 3 is 2.83 bits per heavy atom. The molecule has 3 atom stereocenters. The molecule has 3 nitrogen and oxygen atoms in total. The normalized spacial score (nSPS) is 33.3. The lowest BCUT2D eigenvalue weighted by atomic mass is 9.99. The van der Waals surface area contributed by atoms with Crippen molar-refractivity contribution in [1.29, 1.82) is 5.26 Å². The summed E-state index contributed by atoms with van der Waals surface area (Å²) in [4.78, 5) is 0. The summed E-state index contributed by atoms with van der Waals surface area (Å²) in [5, 5.41) is 12.9. The molecule has 0 aromatic carbocycles. The van der Waals surface area contributed by atoms with Gasteiger partial charge in [-0.25, -0.2) is 0 Å². The first-order valence-electron chi connectivity index (χ1n) is 7.48. The van der Waals surface area contributed by atoms with Crippen molar-refractivity contribution in [3.63, 3.8) is 0 Å². The van der Waals surface area contributed by atoms with Gasteiger partial charge in [0.05, 0.1) is 12.2 Å². The largest absolute Gasteiger partial charge is 0.378 e. The molecule has 2 fully saturated rings. The maximum Gasteiger partial charge on any atom is 0.109 e. The molecule has 0 aromatic heterocycles. The lowest BCUT2D eigenvalue weighted by Gasteiger charge is -2.23. The molecule has 0 saturated heterocycles. The Bertz CT molecular complexity index is 308. The monoisotopic (exact) mass is 250 g/mol. The molecule has 102 valence electrons. The second kappa shape index (κ2) is 6.04. The Morgan fingerprint density at radius 2 is 2.22 bits per heavy atom. The number of nitrogens with zero attached hydrogens (tertiary/aromatic N) is 1. The van der Waals surface area contributed by atoms with Gasteiger partial charge >= 0.3 is 0 Å². The Kier molecular flexibility index (Phi) is 4.64. The fraction of sp³-hybridized carbons (Fsp3) is 0.933. The van der Waals surface area contributed by atoms with E-state index < -0.39 is 0 Å². The molecule has 0 amide bonds. The predicted molar refractivity (Wildman–Crippen MR) is 72.2 cm³/mol. The van der Waals surface area contributed by atoms with Crippen LogP contribution in [0.15, 0.2) is 0 Å². The fourth-order valence-electron chi connectivity index (χ4n) is 2.90. The SMILES string of the molecule is CCCC(C)COC1CCC(C#N)(NC2CC2)C1. The summed E-state index contributed by atoms with van der Waals surface area (Å²) >= 11 is 0. The molecule has 0 radical (unpaired) electrons. The molecule has 2 rings (SSSR count). The van der Waals surface area contributed by atoms with Crippen LogP contribution in [0.25, 0.3) is 0 Å². The highest BCUT2D eigenvalue weighted by Gasteiger charge is 2.43. The molecule has 18 heavy (non-hydrogen) atoms. The fourth-order valence-corrected chi connectivity index (χ4v) is 2.90. The highest BCUT2D eigenvalue weighted by molar-refractivity contribution is 5.14. The zero-order valence-corrected chi connectivity index (χ0v) is 11.7. The summed E-state index contributed by atoms with van der Waals surface area (Å²) in [7, 11) is 0. The third-order valence-electron chi connectivity index (χ3n) is 4.14. The van der Waals surface area contributed by atoms with Crippen LogP contribution in [0.4, 0.5) is 0 Å². The van der Waals surface area contributed by atoms with Crippen LogP contribution in [-0.4, -0.2) is 24.3 Å². The quantitative estimate of drug-likeness (QED) is 0.755. The maximum atomic E-state index is 9.40. The number of hydrogen-bond donors (Lipinski definition) is 1. The van der Waals surface area contributed by atoms with Crippen LogP contribution in [0.2, 0.25) is 0 Å². The summed E-state index contributed by atoms with van der Waals surface area (Å²) < 4.78 is 5.99. The van der Waals surface area contributed by atoms with Gasteiger partial charge < -0.3 is 4.74 Å². The smallest absolute Gasteiger partial charge is 0.109 e. The Morgan fingerprint density at radius 1 is 1.44 bits per heavy atom. The molecule has 2 saturated carbocycles. The second-order valence-corrected chi connectivity index (χ2v) is 6.20. The molecule has 3 unspecified atom stereocenters. The minimum absolute atomic E-state index is 0.287. The first kappa shape index (κ1) is 13.8. The third kappa shape index (κ3) is 3.70. The van der Waals surface area contributed by atoms with Crippen molar-refractivity contribution in [2.75, 3.05) is 6.61 Å². The van der Waals surface area contributed by atoms with Crippen molar-refractivity contribution < 1.29 is 4.74 Å². The van der Waals surface area contributed by atoms with E-state index in [1.54, 1.807) is 0 Å². The van der Waals surface area contributed by atoms with Gasteiger partial charge in [0.15, 0.2) is 0 Å². The zero-order chi connectivity index (χ0) is 13.0. The summed E-state index contributed by atoms with van der Waals surface area (Å²) in [5.74, 6) is 0.642. The van der Waals surface area contributed by atoms with Crippen LogP contribution in [0, 0.1) is 17.2 Å². The zero-order valence-electron chi connectivity index (χ0n) is 11.7. The average Bonchev–Trinajstić information content (AvgIpc) is 3.06. The minimum Gasteiger partial charge on any atom is -0.378 e. The van der Waals surface area contributed by atoms with Crippen molar-refractivity contribution >= 4 is 0 Å². The number of nitrogens with one attached hydrogen (secondary N) is 1. The van der Waals surface area contributed by atoms with Crippen LogP contribution < -0.4 is 5.32 Å². The number of rotatable bonds is 7. The van der Waals surface area contributed by atoms with Gasteiger partial charge in [-0.05, 0) is 38.0 Å². The number of nitriles is 1. The standard InChI is InChI=1S/C15H26N2O/c1-3-4-12(2)10-18-14-7-8-15(9-14,11-16)17-13-5-6-13/h12-14,17H,3-10H2,1-2H3. The Hall–Kier alpha value is -0.590. The summed E-state index contributed by atoms with van der Waals surface area (Å²) in [6.45, 7) is 5.31. The van der Waals surface area contributed by atoms with Crippen molar-refractivity contribution in [3.05, 3.63) is 0 Å². The highest BCUT2D eigenvalue weighted by Crippen LogP contribution is 2.35. The molecule has 2 aliphatic rings. The van der Waals surface area contributed by atoms with Gasteiger partial charge in [0.1, 0.15) is 5.54 Å². The minimum atomic E-state index is -0.292. The molecule has 0 aliphatic heterocycles. The summed E-state index contributed by atoms with van der Waals surface area (Å²) in [6, 6.07) is 3.10. The van der Waals surface area contributed by atoms with E-state index >= 15 is 0 Å². The Labute approximate surface area is 111 Å². The van der Waals surface area contributed by atoms with Gasteiger partial charge in [0.25, 0.3) is 0 Å². The van der Waals surface area contributed by atoms with E-state index in [4.69, 9.17) is 4.74 Å². The van der Waals surface area contributed by atoms with E-state index in [9.17, 15) is 5.26 Å². The van der Waals surface area contributed by atoms with Crippen LogP contribution in [0.1, 0.15) is 58.8 Å². The van der Waals surface area contributed by atoms with Crippen molar-refractivity contribution in [2.24, 2.45) is 5.92 Å². The number of hydrogen-bond acceptors (Lipinski definition) is 3. The Balaban J connectivity index is 1.74. The molecule has 0 aromatic rings. The lowest BCUT2D eigenvalue weighted by molar-refractivity contribution is 0.0321. The lowest BCUT2D eigenvalue weighted by Crippen LogP contribution is -2.43. The van der Waals surface area contributed by atoms with E-state index in [1.807, 2.05) is 0 Å². The molecule has 0 heterocycles. The van der Waals surface area contributed by atoms with E-state index in [0.717, 1.165) is 25.9 Å². The van der Waals surface area contributed by atoms with Crippen molar-refractivity contribution in [2.45, 2.75) is 76.5 Å². The van der Waals surface area contributed by atoms with Gasteiger partial charge in [-0.15, -0.1) is 0 Å². The maximum absolute atomic E-state index is 9.40. The molecule has 3 heteroatoms. The van der Waals surface area contributed by atoms with E-state index in [1.165, 1.54) is 25.7 Å². The average molecular weight is 250 g/mol. The van der Waals surface area contributed by atoms with Crippen molar-refractivity contribution in [3.8, 4) is 6.07 Å². The van der Waals surface area contributed by atoms with Gasteiger partial charge in [-0.2, -0.15) is 5.26 Å². The predicted octanol–water partition coefficient (Wildman–Crippen LogP) is 3.01. The molecular formula is C15H26N2O. The van der Waals surface area contributed by atoms with Gasteiger partial charge in [-0.1, -0.05) is 20.3 Å². The van der Waals surface area contributed by atoms with Crippen LogP contribution in [-0.2, 0) is 4.74 Å². The van der Waals surface area contributed by atoms with Crippen molar-refractivity contribution in [1.82, 2.24) is 5.32 Å². The summed E-state index contributed by atoms with van der Waals surface area (Å²) in [6.07, 6.45) is 8.08. The third-order valence-corrected chi connectivity index (χ3v) is 4.14. The van der Waals surface area contributed by atoms with Gasteiger partial charge in [-0.3, -0.25) is 5.32 Å². The summed E-state index contributed by atoms with van der Waals surface area (Å²) in [5.41, 5.74) is -0.292. The second-order valence-electron chi connectivity index (χ2n) is 6.20. The van der Waals surface area contributed by atoms with Gasteiger partial charge in [0.2, 0.25) is 0 Å². The first-order chi connectivity index (χ1) is 8.67. The molecule has 2 aliphatic carbocycles. The molecule has 0 bridgehead atoms. The van der Waals surface area contributed by atoms with Crippen LogP contribution in [0.3, 0.4) is 0 Å². The van der Waals surface area contributed by atoms with E-state index in [-0.39, 0.29) is 11.6 Å². The molecule has 1 N–H and O–H groups in total. The highest BCUT2D eigenvalue weighted by atomic mass is 16.5. The van der Waals surface area contributed by atoms with Crippen LogP contribution >= 0.6 is 0 Å². The number of ether oxygens (including phenoxy) is 1. The molecule has 0 spiro atoms. The first-order valence-corrected chi connectivity index (χ1v) is 7.48. The van der Waals surface area contributed by atoms with E-state index in [2.05, 4.69) is 25.2 Å².